The highest BCUT2D eigenvalue weighted by Crippen LogP contribution is 2.24. The third-order valence-corrected chi connectivity index (χ3v) is 5.95. The molecule has 1 heterocycles. The highest BCUT2D eigenvalue weighted by atomic mass is 16.5. The average Bonchev–Trinajstić information content (AvgIpc) is 3.16. The van der Waals surface area contributed by atoms with Gasteiger partial charge in [-0.15, -0.1) is 0 Å². The molecule has 0 aliphatic carbocycles. The molecule has 0 atom stereocenters. The van der Waals surface area contributed by atoms with E-state index < -0.39 is 36.1 Å². The van der Waals surface area contributed by atoms with Crippen LogP contribution in [0.1, 0.15) is 38.0 Å². The lowest BCUT2D eigenvalue weighted by atomic mass is 10.1. The number of hydrogen-bond acceptors (Lipinski definition) is 6. The molecule has 0 N–H and O–H groups in total. The molecule has 0 unspecified atom stereocenters. The van der Waals surface area contributed by atoms with Gasteiger partial charge in [-0.3, -0.25) is 24.1 Å². The molecule has 0 saturated heterocycles. The quantitative estimate of drug-likeness (QED) is 0.348. The molecule has 0 aromatic heterocycles. The zero-order chi connectivity index (χ0) is 26.5. The van der Waals surface area contributed by atoms with Crippen LogP contribution in [-0.2, 0) is 14.3 Å². The fourth-order valence-corrected chi connectivity index (χ4v) is 3.98. The van der Waals surface area contributed by atoms with Gasteiger partial charge in [0, 0.05) is 18.4 Å². The van der Waals surface area contributed by atoms with E-state index in [4.69, 9.17) is 4.74 Å². The van der Waals surface area contributed by atoms with E-state index in [-0.39, 0.29) is 35.5 Å². The molecule has 37 heavy (non-hydrogen) atoms. The summed E-state index contributed by atoms with van der Waals surface area (Å²) in [7, 11) is 1.58. The molecule has 0 radical (unpaired) electrons. The van der Waals surface area contributed by atoms with Gasteiger partial charge in [-0.1, -0.05) is 36.4 Å². The molecule has 0 saturated carbocycles. The maximum atomic E-state index is 13.5. The van der Waals surface area contributed by atoms with Crippen molar-refractivity contribution in [2.75, 3.05) is 36.5 Å². The second kappa shape index (κ2) is 10.9. The topological polar surface area (TPSA) is 104 Å². The number of benzene rings is 3. The summed E-state index contributed by atoms with van der Waals surface area (Å²) in [6.45, 7) is 0.890. The van der Waals surface area contributed by atoms with Crippen molar-refractivity contribution in [2.45, 2.75) is 6.92 Å². The third-order valence-electron chi connectivity index (χ3n) is 5.95. The van der Waals surface area contributed by atoms with E-state index in [0.29, 0.717) is 5.69 Å². The fraction of sp³-hybridized carbons (Fsp3) is 0.179. The van der Waals surface area contributed by atoms with E-state index in [0.717, 1.165) is 9.80 Å². The summed E-state index contributed by atoms with van der Waals surface area (Å²) in [6, 6.07) is 21.3. The van der Waals surface area contributed by atoms with E-state index >= 15 is 0 Å². The van der Waals surface area contributed by atoms with Gasteiger partial charge in [-0.05, 0) is 49.4 Å². The predicted octanol–water partition coefficient (Wildman–Crippen LogP) is 3.16. The van der Waals surface area contributed by atoms with Crippen molar-refractivity contribution in [1.82, 2.24) is 4.90 Å². The van der Waals surface area contributed by atoms with E-state index in [1.54, 1.807) is 62.5 Å². The van der Waals surface area contributed by atoms with Crippen LogP contribution in [0.15, 0.2) is 78.9 Å². The van der Waals surface area contributed by atoms with Crippen molar-refractivity contribution in [3.63, 3.8) is 0 Å². The van der Waals surface area contributed by atoms with Crippen molar-refractivity contribution in [2.24, 2.45) is 0 Å². The van der Waals surface area contributed by atoms with Gasteiger partial charge in [-0.2, -0.15) is 0 Å². The van der Waals surface area contributed by atoms with Gasteiger partial charge in [0.15, 0.2) is 0 Å². The van der Waals surface area contributed by atoms with E-state index in [1.807, 2.05) is 6.07 Å². The van der Waals surface area contributed by atoms with Crippen molar-refractivity contribution in [1.29, 1.82) is 0 Å². The number of imide groups is 1. The summed E-state index contributed by atoms with van der Waals surface area (Å²) < 4.78 is 5.06. The molecule has 4 rings (SSSR count). The van der Waals surface area contributed by atoms with Crippen molar-refractivity contribution >= 4 is 41.0 Å². The van der Waals surface area contributed by atoms with Crippen LogP contribution in [0.4, 0.5) is 11.4 Å². The van der Waals surface area contributed by atoms with Gasteiger partial charge in [0.25, 0.3) is 11.8 Å². The fourth-order valence-electron chi connectivity index (χ4n) is 3.98. The summed E-state index contributed by atoms with van der Waals surface area (Å²) in [6.07, 6.45) is 0. The predicted molar refractivity (Wildman–Crippen MR) is 136 cm³/mol. The lowest BCUT2D eigenvalue weighted by molar-refractivity contribution is -0.122. The number of amides is 4. The van der Waals surface area contributed by atoms with Crippen molar-refractivity contribution < 1.29 is 28.7 Å². The molecule has 3 aromatic rings. The number of likely N-dealkylation sites (N-methyl/N-ethyl adjacent to an activating group) is 1. The van der Waals surface area contributed by atoms with Crippen LogP contribution in [0.2, 0.25) is 0 Å². The minimum atomic E-state index is -0.662. The highest BCUT2D eigenvalue weighted by Gasteiger charge is 2.37. The van der Waals surface area contributed by atoms with Crippen LogP contribution in [0, 0.1) is 0 Å². The number of fused-ring (bicyclic) bond motifs is 1. The molecule has 188 valence electrons. The molecule has 9 nitrogen and oxygen atoms in total. The molecule has 0 spiro atoms. The normalized spacial score (nSPS) is 12.2. The third kappa shape index (κ3) is 5.25. The maximum absolute atomic E-state index is 13.5. The van der Waals surface area contributed by atoms with E-state index in [2.05, 4.69) is 0 Å². The van der Waals surface area contributed by atoms with Crippen LogP contribution in [0.5, 0.6) is 0 Å². The number of anilines is 2. The summed E-state index contributed by atoms with van der Waals surface area (Å²) in [5.74, 6) is -2.82. The smallest absolute Gasteiger partial charge is 0.338 e. The Morgan fingerprint density at radius 2 is 1.38 bits per heavy atom. The zero-order valence-electron chi connectivity index (χ0n) is 20.4. The Balaban J connectivity index is 1.63. The Labute approximate surface area is 213 Å². The highest BCUT2D eigenvalue weighted by molar-refractivity contribution is 6.23. The Kier molecular flexibility index (Phi) is 7.43. The SMILES string of the molecule is CCOC(=O)c1cccc(N(CC(=O)N(C)c2ccccc2)C(=O)CN2C(=O)c3ccccc3C2=O)c1. The Bertz CT molecular complexity index is 1340. The van der Waals surface area contributed by atoms with Gasteiger partial charge in [0.05, 0.1) is 23.3 Å². The van der Waals surface area contributed by atoms with Crippen molar-refractivity contribution in [3.8, 4) is 0 Å². The number of esters is 1. The number of nitrogens with zero attached hydrogens (tertiary/aromatic N) is 3. The number of rotatable bonds is 8. The average molecular weight is 500 g/mol. The zero-order valence-corrected chi connectivity index (χ0v) is 20.4. The Hall–Kier alpha value is -4.79. The summed E-state index contributed by atoms with van der Waals surface area (Å²) in [5.41, 5.74) is 1.51. The molecule has 4 amide bonds. The standard InChI is InChI=1S/C28H25N3O6/c1-3-37-28(36)19-10-9-13-21(16-19)30(17-24(32)29(2)20-11-5-4-6-12-20)25(33)18-31-26(34)22-14-7-8-15-23(22)27(31)35/h4-16H,3,17-18H2,1-2H3. The number of para-hydroxylation sites is 1. The van der Waals surface area contributed by atoms with Crippen molar-refractivity contribution in [3.05, 3.63) is 95.6 Å². The molecule has 1 aliphatic rings. The molecular weight excluding hydrogens is 474 g/mol. The minimum absolute atomic E-state index is 0.172. The first-order valence-corrected chi connectivity index (χ1v) is 11.7. The van der Waals surface area contributed by atoms with E-state index in [9.17, 15) is 24.0 Å². The Morgan fingerprint density at radius 1 is 0.784 bits per heavy atom. The number of carbonyl (C=O) groups is 5. The Morgan fingerprint density at radius 3 is 2.00 bits per heavy atom. The first kappa shape index (κ1) is 25.3. The van der Waals surface area contributed by atoms with Gasteiger partial charge in [0.2, 0.25) is 11.8 Å². The maximum Gasteiger partial charge on any atom is 0.338 e. The van der Waals surface area contributed by atoms with Crippen LogP contribution >= 0.6 is 0 Å². The summed E-state index contributed by atoms with van der Waals surface area (Å²) in [5, 5.41) is 0. The van der Waals surface area contributed by atoms with Gasteiger partial charge < -0.3 is 14.5 Å². The van der Waals surface area contributed by atoms with Crippen LogP contribution in [-0.4, -0.2) is 61.2 Å². The second-order valence-electron chi connectivity index (χ2n) is 8.28. The van der Waals surface area contributed by atoms with Crippen LogP contribution < -0.4 is 9.80 Å². The molecule has 3 aromatic carbocycles. The lowest BCUT2D eigenvalue weighted by Crippen LogP contribution is -2.47. The molecule has 0 bridgehead atoms. The second-order valence-corrected chi connectivity index (χ2v) is 8.28. The number of hydrogen-bond donors (Lipinski definition) is 0. The molecule has 0 fully saturated rings. The van der Waals surface area contributed by atoms with E-state index in [1.165, 1.54) is 29.2 Å². The lowest BCUT2D eigenvalue weighted by Gasteiger charge is -2.27. The first-order valence-electron chi connectivity index (χ1n) is 11.7. The molecular formula is C28H25N3O6. The largest absolute Gasteiger partial charge is 0.462 e. The number of ether oxygens (including phenoxy) is 1. The minimum Gasteiger partial charge on any atom is -0.462 e. The molecule has 9 heteroatoms. The van der Waals surface area contributed by atoms with Gasteiger partial charge >= 0.3 is 5.97 Å². The van der Waals surface area contributed by atoms with Crippen LogP contribution in [0.25, 0.3) is 0 Å². The summed E-state index contributed by atoms with van der Waals surface area (Å²) >= 11 is 0. The van der Waals surface area contributed by atoms with Crippen LogP contribution in [0.3, 0.4) is 0 Å². The molecule has 1 aliphatic heterocycles. The van der Waals surface area contributed by atoms with Gasteiger partial charge in [0.1, 0.15) is 13.1 Å². The number of carbonyl (C=O) groups excluding carboxylic acids is 5. The monoisotopic (exact) mass is 499 g/mol. The summed E-state index contributed by atoms with van der Waals surface area (Å²) in [4.78, 5) is 68.1. The first-order chi connectivity index (χ1) is 17.8. The van der Waals surface area contributed by atoms with Gasteiger partial charge in [-0.25, -0.2) is 4.79 Å².